The zero-order valence-electron chi connectivity index (χ0n) is 11.1. The number of hydrogen-bond donors (Lipinski definition) is 0. The molecule has 0 amide bonds. The molecule has 117 valence electrons. The summed E-state index contributed by atoms with van der Waals surface area (Å²) in [4.78, 5) is 13.1. The van der Waals surface area contributed by atoms with Gasteiger partial charge in [-0.05, 0) is 36.4 Å². The molecule has 7 heteroatoms. The summed E-state index contributed by atoms with van der Waals surface area (Å²) in [6, 6.07) is 15.6. The molecule has 0 saturated heterocycles. The molecule has 0 saturated carbocycles. The minimum absolute atomic E-state index is 0. The van der Waals surface area contributed by atoms with E-state index in [2.05, 4.69) is 15.0 Å². The van der Waals surface area contributed by atoms with Crippen molar-refractivity contribution >= 4 is 31.2 Å². The first kappa shape index (κ1) is 19.1. The van der Waals surface area contributed by atoms with Gasteiger partial charge in [-0.1, -0.05) is 12.1 Å². The molecule has 22 heavy (non-hydrogen) atoms. The van der Waals surface area contributed by atoms with Crippen LogP contribution >= 0.6 is 31.2 Å². The Balaban J connectivity index is 0.000000562. The maximum absolute atomic E-state index is 4.88. The summed E-state index contributed by atoms with van der Waals surface area (Å²) >= 11 is -0.472. The van der Waals surface area contributed by atoms with Gasteiger partial charge in [0.2, 0.25) is 0 Å². The van der Waals surface area contributed by atoms with E-state index in [-0.39, 0.29) is 12.4 Å². The molecule has 3 heterocycles. The van der Waals surface area contributed by atoms with Crippen LogP contribution in [0.1, 0.15) is 0 Å². The van der Waals surface area contributed by atoms with Gasteiger partial charge in [-0.25, -0.2) is 0 Å². The third-order valence-corrected chi connectivity index (χ3v) is 2.66. The molecule has 0 aromatic carbocycles. The van der Waals surface area contributed by atoms with Crippen molar-refractivity contribution in [1.82, 2.24) is 15.0 Å². The fourth-order valence-electron chi connectivity index (χ4n) is 1.84. The Labute approximate surface area is 151 Å². The molecule has 0 aliphatic carbocycles. The van der Waals surface area contributed by atoms with Crippen LogP contribution in [0.2, 0.25) is 0 Å². The molecule has 1 radical (unpaired) electrons. The first-order valence-corrected chi connectivity index (χ1v) is 11.6. The number of hydrogen-bond acceptors (Lipinski definition) is 3. The van der Waals surface area contributed by atoms with Crippen molar-refractivity contribution in [3.05, 3.63) is 67.1 Å². The molecule has 0 unspecified atom stereocenters. The van der Waals surface area contributed by atoms with Crippen LogP contribution in [-0.4, -0.2) is 15.0 Å². The van der Waals surface area contributed by atoms with Crippen molar-refractivity contribution in [3.63, 3.8) is 0 Å². The van der Waals surface area contributed by atoms with E-state index in [1.165, 1.54) is 0 Å². The minimum Gasteiger partial charge on any atom is -0.256 e. The van der Waals surface area contributed by atoms with Crippen LogP contribution in [0, 0.1) is 0 Å². The Morgan fingerprint density at radius 3 is 1.77 bits per heavy atom. The molecule has 0 aliphatic heterocycles. The Kier molecular flexibility index (Phi) is 9.26. The van der Waals surface area contributed by atoms with E-state index in [0.29, 0.717) is 0 Å². The molecular formula is C15H11Cl3N3Pt. The first-order valence-electron chi connectivity index (χ1n) is 5.97. The molecule has 0 aliphatic rings. The van der Waals surface area contributed by atoms with Gasteiger partial charge in [0, 0.05) is 36.6 Å². The largest absolute Gasteiger partial charge is 0.256 e. The number of halogens is 3. The van der Waals surface area contributed by atoms with Crippen LogP contribution in [-0.2, 0) is 16.5 Å². The van der Waals surface area contributed by atoms with E-state index < -0.39 is 16.5 Å². The summed E-state index contributed by atoms with van der Waals surface area (Å²) in [5, 5.41) is 0. The molecule has 0 bridgehead atoms. The molecule has 3 aromatic heterocycles. The van der Waals surface area contributed by atoms with Crippen LogP contribution in [0.3, 0.4) is 0 Å². The zero-order chi connectivity index (χ0) is 14.9. The summed E-state index contributed by atoms with van der Waals surface area (Å²) in [6.45, 7) is 0. The van der Waals surface area contributed by atoms with E-state index in [0.717, 1.165) is 22.6 Å². The van der Waals surface area contributed by atoms with Gasteiger partial charge in [-0.15, -0.1) is 0 Å². The van der Waals surface area contributed by atoms with E-state index in [1.807, 2.05) is 48.5 Å². The number of pyridine rings is 3. The molecule has 0 fully saturated rings. The Bertz CT molecular complexity index is 611. The molecule has 0 N–H and O–H groups in total. The Morgan fingerprint density at radius 2 is 1.23 bits per heavy atom. The molecule has 0 spiro atoms. The summed E-state index contributed by atoms with van der Waals surface area (Å²) < 4.78 is 0. The second-order valence-electron chi connectivity index (χ2n) is 3.87. The van der Waals surface area contributed by atoms with Crippen molar-refractivity contribution in [3.8, 4) is 22.6 Å². The van der Waals surface area contributed by atoms with E-state index in [9.17, 15) is 0 Å². The maximum atomic E-state index is 4.88. The van der Waals surface area contributed by atoms with E-state index in [1.54, 1.807) is 18.6 Å². The summed E-state index contributed by atoms with van der Waals surface area (Å²) in [7, 11) is 9.75. The Morgan fingerprint density at radius 1 is 0.682 bits per heavy atom. The van der Waals surface area contributed by atoms with Crippen LogP contribution in [0.15, 0.2) is 67.1 Å². The second-order valence-corrected chi connectivity index (χ2v) is 7.16. The smallest absolute Gasteiger partial charge is 0.0980 e. The average molecular weight is 535 g/mol. The predicted molar refractivity (Wildman–Crippen MR) is 88.3 cm³/mol. The van der Waals surface area contributed by atoms with Crippen molar-refractivity contribution in [2.24, 2.45) is 0 Å². The molecule has 0 atom stereocenters. The van der Waals surface area contributed by atoms with Crippen LogP contribution in [0.4, 0.5) is 0 Å². The van der Waals surface area contributed by atoms with Crippen molar-refractivity contribution < 1.29 is 16.5 Å². The molecular weight excluding hydrogens is 524 g/mol. The number of rotatable bonds is 2. The fourth-order valence-corrected chi connectivity index (χ4v) is 1.84. The van der Waals surface area contributed by atoms with Gasteiger partial charge in [0.25, 0.3) is 0 Å². The second kappa shape index (κ2) is 10.7. The van der Waals surface area contributed by atoms with Gasteiger partial charge in [0.15, 0.2) is 0 Å². The van der Waals surface area contributed by atoms with E-state index in [4.69, 9.17) is 18.8 Å². The van der Waals surface area contributed by atoms with Crippen LogP contribution in [0.25, 0.3) is 22.6 Å². The maximum Gasteiger partial charge on any atom is 0.0980 e. The van der Waals surface area contributed by atoms with Gasteiger partial charge < -0.3 is 0 Å². The van der Waals surface area contributed by atoms with Gasteiger partial charge in [0.1, 0.15) is 0 Å². The summed E-state index contributed by atoms with van der Waals surface area (Å²) in [5.74, 6) is 0. The SMILES string of the molecule is [Cl].[Cl][Pt][Cl].c1ccc(-c2cccnc2-c2ccccn2)nc1. The minimum atomic E-state index is -0.472. The molecule has 3 rings (SSSR count). The fraction of sp³-hybridized carbons (Fsp3) is 0. The topological polar surface area (TPSA) is 38.7 Å². The molecule has 3 aromatic rings. The normalized spacial score (nSPS) is 9.36. The number of aromatic nitrogens is 3. The van der Waals surface area contributed by atoms with Gasteiger partial charge in [0.05, 0.1) is 17.1 Å². The van der Waals surface area contributed by atoms with Gasteiger partial charge in [-0.3, -0.25) is 15.0 Å². The van der Waals surface area contributed by atoms with Crippen molar-refractivity contribution in [2.75, 3.05) is 0 Å². The summed E-state index contributed by atoms with van der Waals surface area (Å²) in [5.41, 5.74) is 3.62. The summed E-state index contributed by atoms with van der Waals surface area (Å²) in [6.07, 6.45) is 5.33. The van der Waals surface area contributed by atoms with Crippen LogP contribution < -0.4 is 0 Å². The van der Waals surface area contributed by atoms with Gasteiger partial charge >= 0.3 is 35.3 Å². The van der Waals surface area contributed by atoms with Crippen molar-refractivity contribution in [2.45, 2.75) is 0 Å². The van der Waals surface area contributed by atoms with E-state index >= 15 is 0 Å². The van der Waals surface area contributed by atoms with Crippen molar-refractivity contribution in [1.29, 1.82) is 0 Å². The average Bonchev–Trinajstić information content (AvgIpc) is 2.57. The third-order valence-electron chi connectivity index (χ3n) is 2.66. The Hall–Kier alpha value is -0.992. The quantitative estimate of drug-likeness (QED) is 0.450. The number of nitrogens with zero attached hydrogens (tertiary/aromatic N) is 3. The predicted octanol–water partition coefficient (Wildman–Crippen LogP) is 5.27. The standard InChI is InChI=1S/C15H11N3.2ClH.Cl.Pt/c1-3-9-16-13(7-1)12-6-5-11-18-15(12)14-8-2-4-10-17-14;;;;/h1-11H;2*1H;;/q;;;;+2/p-2. The van der Waals surface area contributed by atoms with Gasteiger partial charge in [-0.2, -0.15) is 0 Å². The van der Waals surface area contributed by atoms with Crippen LogP contribution in [0.5, 0.6) is 0 Å². The monoisotopic (exact) mass is 533 g/mol. The zero-order valence-corrected chi connectivity index (χ0v) is 15.7. The third kappa shape index (κ3) is 5.33. The first-order chi connectivity index (χ1) is 10.4. The molecule has 3 nitrogen and oxygen atoms in total.